The van der Waals surface area contributed by atoms with Crippen molar-refractivity contribution in [1.82, 2.24) is 0 Å². The maximum absolute atomic E-state index is 9.55. The molecule has 0 saturated heterocycles. The van der Waals surface area contributed by atoms with E-state index in [0.717, 1.165) is 10.8 Å². The first-order valence-electron chi connectivity index (χ1n) is 7.11. The summed E-state index contributed by atoms with van der Waals surface area (Å²) < 4.78 is 5.93. The Morgan fingerprint density at radius 1 is 1.05 bits per heavy atom. The number of benzene rings is 2. The Labute approximate surface area is 128 Å². The highest BCUT2D eigenvalue weighted by Gasteiger charge is 2.21. The molecule has 2 aromatic rings. The van der Waals surface area contributed by atoms with E-state index in [2.05, 4.69) is 32.9 Å². The Balaban J connectivity index is 2.66. The normalized spacial score (nSPS) is 12.0. The van der Waals surface area contributed by atoms with Crippen molar-refractivity contribution in [3.63, 3.8) is 0 Å². The van der Waals surface area contributed by atoms with Gasteiger partial charge in [0.1, 0.15) is 5.75 Å². The van der Waals surface area contributed by atoms with Crippen LogP contribution in [0.15, 0.2) is 30.3 Å². The van der Waals surface area contributed by atoms with Gasteiger partial charge < -0.3 is 14.5 Å². The minimum atomic E-state index is -1.52. The van der Waals surface area contributed by atoms with Crippen LogP contribution >= 0.6 is 0 Å². The smallest absolute Gasteiger partial charge is 0.492 e. The summed E-state index contributed by atoms with van der Waals surface area (Å²) in [4.78, 5) is 0. The van der Waals surface area contributed by atoms with Gasteiger partial charge in [-0.25, -0.2) is 0 Å². The lowest BCUT2D eigenvalue weighted by molar-refractivity contribution is 0.424. The van der Waals surface area contributed by atoms with Crippen molar-refractivity contribution in [2.45, 2.75) is 39.3 Å². The van der Waals surface area contributed by atoms with Crippen molar-refractivity contribution in [2.24, 2.45) is 0 Å². The van der Waals surface area contributed by atoms with E-state index in [4.69, 9.17) is 4.43 Å². The Morgan fingerprint density at radius 3 is 2.24 bits per heavy atom. The molecule has 0 heterocycles. The summed E-state index contributed by atoms with van der Waals surface area (Å²) in [7, 11) is -2.51. The van der Waals surface area contributed by atoms with Gasteiger partial charge in [-0.05, 0) is 29.5 Å². The van der Waals surface area contributed by atoms with Crippen LogP contribution in [0.2, 0.25) is 13.1 Å². The van der Waals surface area contributed by atoms with E-state index >= 15 is 0 Å². The lowest BCUT2D eigenvalue weighted by Gasteiger charge is -2.21. The number of hydrogen-bond donors (Lipinski definition) is 2. The molecule has 0 aromatic heterocycles. The highest BCUT2D eigenvalue weighted by molar-refractivity contribution is 6.61. The molecule has 0 saturated carbocycles. The third-order valence-electron chi connectivity index (χ3n) is 3.45. The largest absolute Gasteiger partial charge is 0.542 e. The summed E-state index contributed by atoms with van der Waals surface area (Å²) in [5, 5.41) is 21.1. The van der Waals surface area contributed by atoms with Crippen molar-refractivity contribution in [2.75, 3.05) is 0 Å². The first-order chi connectivity index (χ1) is 9.70. The van der Waals surface area contributed by atoms with Gasteiger partial charge in [0, 0.05) is 10.8 Å². The third-order valence-corrected chi connectivity index (χ3v) is 4.06. The van der Waals surface area contributed by atoms with E-state index in [9.17, 15) is 10.0 Å². The van der Waals surface area contributed by atoms with Crippen LogP contribution in [0.1, 0.15) is 26.3 Å². The van der Waals surface area contributed by atoms with Gasteiger partial charge in [0.15, 0.2) is 0 Å². The summed E-state index contributed by atoms with van der Waals surface area (Å²) in [5.41, 5.74) is 1.75. The average molecular weight is 301 g/mol. The predicted octanol–water partition coefficient (Wildman–Crippen LogP) is 2.45. The lowest BCUT2D eigenvalue weighted by atomic mass is 9.78. The lowest BCUT2D eigenvalue weighted by Crippen LogP contribution is -2.33. The maximum atomic E-state index is 9.55. The Kier molecular flexibility index (Phi) is 4.46. The molecule has 0 aliphatic heterocycles. The van der Waals surface area contributed by atoms with Crippen LogP contribution in [0.4, 0.5) is 0 Å². The molecule has 0 unspecified atom stereocenters. The molecular weight excluding hydrogens is 279 g/mol. The summed E-state index contributed by atoms with van der Waals surface area (Å²) in [6.07, 6.45) is 0. The molecule has 21 heavy (non-hydrogen) atoms. The molecule has 0 bridgehead atoms. The van der Waals surface area contributed by atoms with Gasteiger partial charge in [-0.15, -0.1) is 0 Å². The molecule has 3 nitrogen and oxygen atoms in total. The maximum Gasteiger partial charge on any atom is 0.492 e. The van der Waals surface area contributed by atoms with Gasteiger partial charge in [0.25, 0.3) is 9.04 Å². The fraction of sp³-hybridized carbons (Fsp3) is 0.375. The third kappa shape index (κ3) is 3.48. The zero-order valence-corrected chi connectivity index (χ0v) is 14.3. The zero-order valence-electron chi connectivity index (χ0n) is 13.3. The van der Waals surface area contributed by atoms with E-state index in [1.54, 1.807) is 6.07 Å². The summed E-state index contributed by atoms with van der Waals surface area (Å²) in [6, 6.07) is 9.90. The van der Waals surface area contributed by atoms with Crippen LogP contribution < -0.4 is 9.89 Å². The van der Waals surface area contributed by atoms with Crippen LogP contribution in [0.3, 0.4) is 0 Å². The summed E-state index contributed by atoms with van der Waals surface area (Å²) in [5.74, 6) is 0.599. The van der Waals surface area contributed by atoms with E-state index in [0.29, 0.717) is 11.2 Å². The average Bonchev–Trinajstić information content (AvgIpc) is 2.36. The van der Waals surface area contributed by atoms with Gasteiger partial charge in [-0.3, -0.25) is 0 Å². The van der Waals surface area contributed by atoms with Crippen molar-refractivity contribution in [3.05, 3.63) is 35.9 Å². The topological polar surface area (TPSA) is 49.7 Å². The molecule has 0 amide bonds. The van der Waals surface area contributed by atoms with Gasteiger partial charge in [-0.2, -0.15) is 0 Å². The number of hydrogen-bond acceptors (Lipinski definition) is 3. The van der Waals surface area contributed by atoms with Crippen LogP contribution in [0, 0.1) is 0 Å². The molecule has 0 fully saturated rings. The first-order valence-corrected chi connectivity index (χ1v) is 9.52. The van der Waals surface area contributed by atoms with Gasteiger partial charge in [0.05, 0.1) is 0 Å². The van der Waals surface area contributed by atoms with E-state index < -0.39 is 16.2 Å². The van der Waals surface area contributed by atoms with Gasteiger partial charge in [-0.1, -0.05) is 51.1 Å². The van der Waals surface area contributed by atoms with Gasteiger partial charge in [0.2, 0.25) is 0 Å². The predicted molar refractivity (Wildman–Crippen MR) is 90.6 cm³/mol. The van der Waals surface area contributed by atoms with Crippen LogP contribution in [-0.4, -0.2) is 26.2 Å². The fourth-order valence-corrected chi connectivity index (χ4v) is 2.94. The highest BCUT2D eigenvalue weighted by atomic mass is 28.3. The van der Waals surface area contributed by atoms with Crippen LogP contribution in [0.25, 0.3) is 10.8 Å². The van der Waals surface area contributed by atoms with Crippen molar-refractivity contribution in [3.8, 4) is 5.75 Å². The Bertz CT molecular complexity index is 648. The molecule has 1 radical (unpaired) electrons. The number of fused-ring (bicyclic) bond motifs is 1. The zero-order chi connectivity index (χ0) is 15.8. The Morgan fingerprint density at radius 2 is 1.71 bits per heavy atom. The minimum Gasteiger partial charge on any atom is -0.542 e. The van der Waals surface area contributed by atoms with E-state index in [-0.39, 0.29) is 5.41 Å². The SMILES string of the molecule is C[Si](C)Oc1c(B(O)O)ccc2cc(C(C)(C)C)ccc12. The molecule has 5 heteroatoms. The molecule has 0 spiro atoms. The molecular formula is C16H22BO3Si. The monoisotopic (exact) mass is 301 g/mol. The summed E-state index contributed by atoms with van der Waals surface area (Å²) in [6.45, 7) is 10.6. The molecule has 2 aromatic carbocycles. The highest BCUT2D eigenvalue weighted by Crippen LogP contribution is 2.30. The molecule has 2 N–H and O–H groups in total. The van der Waals surface area contributed by atoms with Crippen LogP contribution in [0.5, 0.6) is 5.75 Å². The molecule has 2 rings (SSSR count). The van der Waals surface area contributed by atoms with Crippen molar-refractivity contribution >= 4 is 32.4 Å². The first kappa shape index (κ1) is 16.1. The van der Waals surface area contributed by atoms with Crippen molar-refractivity contribution < 1.29 is 14.5 Å². The van der Waals surface area contributed by atoms with Gasteiger partial charge >= 0.3 is 7.12 Å². The van der Waals surface area contributed by atoms with E-state index in [1.807, 2.05) is 25.2 Å². The van der Waals surface area contributed by atoms with Crippen molar-refractivity contribution in [1.29, 1.82) is 0 Å². The molecule has 111 valence electrons. The molecule has 0 aliphatic carbocycles. The fourth-order valence-electron chi connectivity index (χ4n) is 2.31. The Hall–Kier alpha value is -1.30. The standard InChI is InChI=1S/C16H22BO3Si/c1-16(2,3)12-7-8-13-11(10-12)6-9-14(17(18)19)15(13)20-21(4)5/h6-10,18-19H,1-5H3. The quantitative estimate of drug-likeness (QED) is 0.856. The van der Waals surface area contributed by atoms with E-state index in [1.165, 1.54) is 5.56 Å². The second-order valence-electron chi connectivity index (χ2n) is 6.55. The minimum absolute atomic E-state index is 0.0782. The van der Waals surface area contributed by atoms with Crippen LogP contribution in [-0.2, 0) is 5.41 Å². The second-order valence-corrected chi connectivity index (χ2v) is 8.57. The number of rotatable bonds is 3. The molecule has 0 aliphatic rings. The molecule has 0 atom stereocenters. The summed E-state index contributed by atoms with van der Waals surface area (Å²) >= 11 is 0. The second kappa shape index (κ2) is 5.83.